The molecule has 1 amide bonds. The Labute approximate surface area is 267 Å². The standard InChI is InChI=1S/C32H33F3N4O4S2/c1-32(2,3)43-31(40)38-16-12-21(13-17-38)30-37-28(29(44-30)20-10-14-36-15-11-20)23-6-5-7-25(27(23)35)39(19-42-4)45(41)26-18-22(33)8-9-24(26)34/h5-11,14-15,18,21H,12-13,16-17,19H2,1-4H3. The molecule has 13 heteroatoms. The summed E-state index contributed by atoms with van der Waals surface area (Å²) in [6.07, 6.45) is 4.24. The fourth-order valence-electron chi connectivity index (χ4n) is 4.98. The van der Waals surface area contributed by atoms with E-state index in [1.54, 1.807) is 29.4 Å². The Bertz CT molecular complexity index is 1640. The van der Waals surface area contributed by atoms with E-state index in [0.717, 1.165) is 33.1 Å². The molecule has 0 saturated carbocycles. The molecule has 0 bridgehead atoms. The highest BCUT2D eigenvalue weighted by Gasteiger charge is 2.33. The van der Waals surface area contributed by atoms with Gasteiger partial charge in [0.2, 0.25) is 4.90 Å². The molecule has 0 radical (unpaired) electrons. The number of anilines is 1. The van der Waals surface area contributed by atoms with E-state index in [1.807, 2.05) is 32.9 Å². The number of methoxy groups -OCH3 is 1. The predicted octanol–water partition coefficient (Wildman–Crippen LogP) is 7.54. The SMILES string of the molecule is COCN(c1cccc(-c2nc(C3CCN(C(=O)OC(C)(C)C)CC3)sc2-c2ccncc2)c1F)[S+]([O-])c1cc(F)ccc1F. The van der Waals surface area contributed by atoms with Gasteiger partial charge in [0, 0.05) is 50.1 Å². The van der Waals surface area contributed by atoms with Crippen LogP contribution in [0.4, 0.5) is 23.7 Å². The van der Waals surface area contributed by atoms with Crippen molar-refractivity contribution in [2.45, 2.75) is 50.0 Å². The van der Waals surface area contributed by atoms with E-state index in [2.05, 4.69) is 4.98 Å². The average molecular weight is 659 g/mol. The number of rotatable bonds is 8. The number of pyridine rings is 1. The first-order valence-electron chi connectivity index (χ1n) is 14.3. The Hall–Kier alpha value is -3.65. The minimum atomic E-state index is -2.34. The molecular formula is C32H33F3N4O4S2. The first kappa shape index (κ1) is 32.7. The molecule has 0 aliphatic carbocycles. The number of ether oxygens (including phenoxy) is 2. The van der Waals surface area contributed by atoms with E-state index in [-0.39, 0.29) is 30.0 Å². The quantitative estimate of drug-likeness (QED) is 0.143. The van der Waals surface area contributed by atoms with Crippen LogP contribution in [0.1, 0.15) is 44.5 Å². The van der Waals surface area contributed by atoms with E-state index >= 15 is 4.39 Å². The lowest BCUT2D eigenvalue weighted by molar-refractivity contribution is 0.0204. The van der Waals surface area contributed by atoms with Gasteiger partial charge in [0.25, 0.3) is 0 Å². The van der Waals surface area contributed by atoms with Gasteiger partial charge in [0.1, 0.15) is 28.5 Å². The van der Waals surface area contributed by atoms with Gasteiger partial charge in [-0.1, -0.05) is 6.07 Å². The van der Waals surface area contributed by atoms with Gasteiger partial charge in [-0.05, 0) is 75.6 Å². The van der Waals surface area contributed by atoms with E-state index in [4.69, 9.17) is 14.5 Å². The molecule has 3 heterocycles. The van der Waals surface area contributed by atoms with Crippen molar-refractivity contribution < 1.29 is 32.0 Å². The summed E-state index contributed by atoms with van der Waals surface area (Å²) in [6.45, 7) is 6.12. The maximum absolute atomic E-state index is 16.5. The lowest BCUT2D eigenvalue weighted by Crippen LogP contribution is -2.41. The average Bonchev–Trinajstić information content (AvgIpc) is 3.46. The molecule has 2 aromatic heterocycles. The zero-order valence-electron chi connectivity index (χ0n) is 25.3. The number of amides is 1. The van der Waals surface area contributed by atoms with E-state index in [0.29, 0.717) is 36.5 Å². The summed E-state index contributed by atoms with van der Waals surface area (Å²) < 4.78 is 70.3. The summed E-state index contributed by atoms with van der Waals surface area (Å²) in [7, 11) is 1.33. The minimum Gasteiger partial charge on any atom is -0.588 e. The van der Waals surface area contributed by atoms with Crippen LogP contribution in [0.25, 0.3) is 21.7 Å². The molecule has 4 aromatic rings. The van der Waals surface area contributed by atoms with Gasteiger partial charge in [0.05, 0.1) is 15.6 Å². The molecule has 45 heavy (non-hydrogen) atoms. The van der Waals surface area contributed by atoms with Crippen molar-refractivity contribution in [3.63, 3.8) is 0 Å². The van der Waals surface area contributed by atoms with Gasteiger partial charge in [-0.3, -0.25) is 4.98 Å². The Morgan fingerprint density at radius 1 is 1.11 bits per heavy atom. The van der Waals surface area contributed by atoms with Crippen molar-refractivity contribution in [2.75, 3.05) is 31.2 Å². The zero-order valence-corrected chi connectivity index (χ0v) is 26.9. The van der Waals surface area contributed by atoms with E-state index in [1.165, 1.54) is 24.5 Å². The Kier molecular flexibility index (Phi) is 10.0. The molecule has 0 spiro atoms. The summed E-state index contributed by atoms with van der Waals surface area (Å²) in [5, 5.41) is 0.796. The molecular weight excluding hydrogens is 626 g/mol. The Morgan fingerprint density at radius 2 is 1.82 bits per heavy atom. The topological polar surface area (TPSA) is 90.9 Å². The van der Waals surface area contributed by atoms with Crippen molar-refractivity contribution >= 4 is 34.5 Å². The van der Waals surface area contributed by atoms with Gasteiger partial charge >= 0.3 is 6.09 Å². The molecule has 2 aromatic carbocycles. The monoisotopic (exact) mass is 658 g/mol. The van der Waals surface area contributed by atoms with Gasteiger partial charge in [-0.25, -0.2) is 22.9 Å². The number of halogens is 3. The van der Waals surface area contributed by atoms with Crippen LogP contribution in [0, 0.1) is 17.5 Å². The first-order valence-corrected chi connectivity index (χ1v) is 16.2. The van der Waals surface area contributed by atoms with Gasteiger partial charge in [-0.2, -0.15) is 4.31 Å². The molecule has 8 nitrogen and oxygen atoms in total. The number of aromatic nitrogens is 2. The van der Waals surface area contributed by atoms with Crippen LogP contribution in [-0.2, 0) is 20.8 Å². The molecule has 1 aliphatic heterocycles. The van der Waals surface area contributed by atoms with Crippen LogP contribution in [-0.4, -0.2) is 58.0 Å². The number of thiazole rings is 1. The lowest BCUT2D eigenvalue weighted by Gasteiger charge is -2.32. The number of likely N-dealkylation sites (tertiary alicyclic amines) is 1. The first-order chi connectivity index (χ1) is 21.5. The summed E-state index contributed by atoms with van der Waals surface area (Å²) >= 11 is -0.894. The number of carbonyl (C=O) groups is 1. The fourth-order valence-corrected chi connectivity index (χ4v) is 7.44. The van der Waals surface area contributed by atoms with Crippen molar-refractivity contribution in [3.05, 3.63) is 83.4 Å². The third-order valence-electron chi connectivity index (χ3n) is 7.11. The second-order valence-electron chi connectivity index (χ2n) is 11.5. The largest absolute Gasteiger partial charge is 0.588 e. The summed E-state index contributed by atoms with van der Waals surface area (Å²) in [6, 6.07) is 10.8. The van der Waals surface area contributed by atoms with Crippen molar-refractivity contribution in [3.8, 4) is 21.7 Å². The second kappa shape index (κ2) is 13.8. The van der Waals surface area contributed by atoms with Crippen molar-refractivity contribution in [2.24, 2.45) is 0 Å². The molecule has 1 atom stereocenters. The summed E-state index contributed by atoms with van der Waals surface area (Å²) in [4.78, 5) is 23.6. The Morgan fingerprint density at radius 3 is 2.49 bits per heavy atom. The normalized spacial score (nSPS) is 14.8. The molecule has 1 unspecified atom stereocenters. The second-order valence-corrected chi connectivity index (χ2v) is 13.9. The van der Waals surface area contributed by atoms with Crippen molar-refractivity contribution in [1.82, 2.24) is 14.9 Å². The van der Waals surface area contributed by atoms with Gasteiger partial charge < -0.3 is 18.9 Å². The number of carbonyl (C=O) groups excluding carboxylic acids is 1. The molecule has 238 valence electrons. The smallest absolute Gasteiger partial charge is 0.410 e. The minimum absolute atomic E-state index is 0.0303. The van der Waals surface area contributed by atoms with Crippen LogP contribution < -0.4 is 4.31 Å². The van der Waals surface area contributed by atoms with E-state index < -0.39 is 39.3 Å². The summed E-state index contributed by atoms with van der Waals surface area (Å²) in [5.74, 6) is -2.39. The third kappa shape index (κ3) is 7.43. The third-order valence-corrected chi connectivity index (χ3v) is 9.77. The van der Waals surface area contributed by atoms with Crippen LogP contribution in [0.15, 0.2) is 65.8 Å². The number of hydrogen-bond acceptors (Lipinski definition) is 8. The summed E-state index contributed by atoms with van der Waals surface area (Å²) in [5.41, 5.74) is 0.602. The fraction of sp³-hybridized carbons (Fsp3) is 0.344. The molecule has 1 fully saturated rings. The van der Waals surface area contributed by atoms with Crippen molar-refractivity contribution in [1.29, 1.82) is 0 Å². The van der Waals surface area contributed by atoms with Gasteiger partial charge in [-0.15, -0.1) is 11.3 Å². The highest BCUT2D eigenvalue weighted by Crippen LogP contribution is 2.43. The molecule has 5 rings (SSSR count). The maximum Gasteiger partial charge on any atom is 0.410 e. The van der Waals surface area contributed by atoms with Crippen LogP contribution in [0.2, 0.25) is 0 Å². The number of nitrogens with zero attached hydrogens (tertiary/aromatic N) is 4. The van der Waals surface area contributed by atoms with Crippen LogP contribution >= 0.6 is 11.3 Å². The van der Waals surface area contributed by atoms with E-state index in [9.17, 15) is 18.1 Å². The molecule has 1 aliphatic rings. The van der Waals surface area contributed by atoms with Crippen LogP contribution in [0.5, 0.6) is 0 Å². The van der Waals surface area contributed by atoms with Gasteiger partial charge in [0.15, 0.2) is 18.4 Å². The number of hydrogen-bond donors (Lipinski definition) is 0. The number of benzene rings is 2. The highest BCUT2D eigenvalue weighted by molar-refractivity contribution is 7.92. The molecule has 0 N–H and O–H groups in total. The highest BCUT2D eigenvalue weighted by atomic mass is 32.2. The lowest BCUT2D eigenvalue weighted by atomic mass is 9.97. The number of piperidine rings is 1. The van der Waals surface area contributed by atoms with Crippen LogP contribution in [0.3, 0.4) is 0 Å². The molecule has 1 saturated heterocycles. The zero-order chi connectivity index (χ0) is 32.3. The predicted molar refractivity (Wildman–Crippen MR) is 168 cm³/mol. The Balaban J connectivity index is 1.50. The maximum atomic E-state index is 16.5.